The molecule has 0 saturated heterocycles. The number of aryl methyl sites for hydroxylation is 1. The van der Waals surface area contributed by atoms with Crippen LogP contribution in [-0.2, 0) is 13.6 Å². The number of aromatic nitrogens is 2. The van der Waals surface area contributed by atoms with E-state index in [0.29, 0.717) is 17.9 Å². The van der Waals surface area contributed by atoms with E-state index in [0.717, 1.165) is 5.56 Å². The molecule has 1 amide bonds. The molecule has 0 saturated carbocycles. The van der Waals surface area contributed by atoms with E-state index in [9.17, 15) is 4.79 Å². The van der Waals surface area contributed by atoms with Crippen LogP contribution in [0.3, 0.4) is 0 Å². The molecule has 0 spiro atoms. The van der Waals surface area contributed by atoms with Crippen molar-refractivity contribution < 1.29 is 9.53 Å². The van der Waals surface area contributed by atoms with Gasteiger partial charge in [0, 0.05) is 38.0 Å². The van der Waals surface area contributed by atoms with Crippen LogP contribution in [0.2, 0.25) is 0 Å². The van der Waals surface area contributed by atoms with Gasteiger partial charge in [0.05, 0.1) is 13.3 Å². The highest BCUT2D eigenvalue weighted by Gasteiger charge is 2.13. The minimum Gasteiger partial charge on any atom is -0.497 e. The van der Waals surface area contributed by atoms with Gasteiger partial charge in [-0.15, -0.1) is 0 Å². The van der Waals surface area contributed by atoms with Crippen molar-refractivity contribution in [1.29, 1.82) is 0 Å². The SMILES string of the molecule is COc1cccc(C(=O)N(C)Cc2cnn(C)c2)c1. The van der Waals surface area contributed by atoms with Gasteiger partial charge in [0.15, 0.2) is 0 Å². The first-order valence-electron chi connectivity index (χ1n) is 5.97. The van der Waals surface area contributed by atoms with Gasteiger partial charge >= 0.3 is 0 Å². The van der Waals surface area contributed by atoms with Crippen molar-refractivity contribution in [2.45, 2.75) is 6.54 Å². The van der Waals surface area contributed by atoms with Crippen molar-refractivity contribution in [2.75, 3.05) is 14.2 Å². The monoisotopic (exact) mass is 259 g/mol. The number of methoxy groups -OCH3 is 1. The van der Waals surface area contributed by atoms with E-state index in [4.69, 9.17) is 4.74 Å². The highest BCUT2D eigenvalue weighted by molar-refractivity contribution is 5.94. The van der Waals surface area contributed by atoms with Crippen molar-refractivity contribution in [3.8, 4) is 5.75 Å². The standard InChI is InChI=1S/C14H17N3O2/c1-16(9-11-8-15-17(2)10-11)14(18)12-5-4-6-13(7-12)19-3/h4-8,10H,9H2,1-3H3. The molecular weight excluding hydrogens is 242 g/mol. The summed E-state index contributed by atoms with van der Waals surface area (Å²) in [4.78, 5) is 13.9. The molecule has 0 unspecified atom stereocenters. The van der Waals surface area contributed by atoms with Crippen LogP contribution in [0, 0.1) is 0 Å². The molecule has 0 aliphatic rings. The highest BCUT2D eigenvalue weighted by atomic mass is 16.5. The molecule has 5 heteroatoms. The second kappa shape index (κ2) is 5.56. The number of nitrogens with zero attached hydrogens (tertiary/aromatic N) is 3. The quantitative estimate of drug-likeness (QED) is 0.839. The average Bonchev–Trinajstić information content (AvgIpc) is 2.83. The van der Waals surface area contributed by atoms with Crippen LogP contribution in [0.5, 0.6) is 5.75 Å². The van der Waals surface area contributed by atoms with E-state index in [1.54, 1.807) is 42.1 Å². The third-order valence-electron chi connectivity index (χ3n) is 2.84. The predicted molar refractivity (Wildman–Crippen MR) is 72.0 cm³/mol. The molecule has 0 fully saturated rings. The largest absolute Gasteiger partial charge is 0.497 e. The smallest absolute Gasteiger partial charge is 0.254 e. The van der Waals surface area contributed by atoms with Crippen LogP contribution in [0.15, 0.2) is 36.7 Å². The topological polar surface area (TPSA) is 47.4 Å². The average molecular weight is 259 g/mol. The summed E-state index contributed by atoms with van der Waals surface area (Å²) >= 11 is 0. The molecule has 100 valence electrons. The summed E-state index contributed by atoms with van der Waals surface area (Å²) in [6.07, 6.45) is 3.66. The number of carbonyl (C=O) groups is 1. The van der Waals surface area contributed by atoms with E-state index >= 15 is 0 Å². The zero-order chi connectivity index (χ0) is 13.8. The van der Waals surface area contributed by atoms with Crippen LogP contribution < -0.4 is 4.74 Å². The van der Waals surface area contributed by atoms with E-state index in [1.807, 2.05) is 25.4 Å². The lowest BCUT2D eigenvalue weighted by atomic mass is 10.2. The molecule has 0 N–H and O–H groups in total. The Morgan fingerprint density at radius 1 is 1.47 bits per heavy atom. The van der Waals surface area contributed by atoms with Gasteiger partial charge < -0.3 is 9.64 Å². The Bertz CT molecular complexity index is 578. The van der Waals surface area contributed by atoms with E-state index in [1.165, 1.54) is 0 Å². The molecule has 0 radical (unpaired) electrons. The summed E-state index contributed by atoms with van der Waals surface area (Å²) in [6, 6.07) is 7.15. The molecule has 1 heterocycles. The number of amides is 1. The molecule has 2 aromatic rings. The first-order chi connectivity index (χ1) is 9.10. The van der Waals surface area contributed by atoms with E-state index in [2.05, 4.69) is 5.10 Å². The van der Waals surface area contributed by atoms with E-state index in [-0.39, 0.29) is 5.91 Å². The fourth-order valence-corrected chi connectivity index (χ4v) is 1.88. The van der Waals surface area contributed by atoms with Gasteiger partial charge in [-0.2, -0.15) is 5.10 Å². The van der Waals surface area contributed by atoms with Gasteiger partial charge in [-0.25, -0.2) is 0 Å². The minimum atomic E-state index is -0.0391. The van der Waals surface area contributed by atoms with Gasteiger partial charge in [0.2, 0.25) is 0 Å². The Morgan fingerprint density at radius 3 is 2.89 bits per heavy atom. The number of rotatable bonds is 4. The summed E-state index contributed by atoms with van der Waals surface area (Å²) in [5.74, 6) is 0.642. The Morgan fingerprint density at radius 2 is 2.26 bits per heavy atom. The van der Waals surface area contributed by atoms with Gasteiger partial charge in [0.1, 0.15) is 5.75 Å². The molecule has 5 nitrogen and oxygen atoms in total. The molecule has 0 aliphatic heterocycles. The van der Waals surface area contributed by atoms with Gasteiger partial charge in [-0.05, 0) is 18.2 Å². The summed E-state index contributed by atoms with van der Waals surface area (Å²) in [5, 5.41) is 4.09. The lowest BCUT2D eigenvalue weighted by Crippen LogP contribution is -2.26. The van der Waals surface area contributed by atoms with E-state index < -0.39 is 0 Å². The zero-order valence-corrected chi connectivity index (χ0v) is 11.3. The van der Waals surface area contributed by atoms with Crippen LogP contribution in [0.25, 0.3) is 0 Å². The molecule has 0 atom stereocenters. The fourth-order valence-electron chi connectivity index (χ4n) is 1.88. The molecule has 0 aliphatic carbocycles. The molecule has 0 bridgehead atoms. The fraction of sp³-hybridized carbons (Fsp3) is 0.286. The zero-order valence-electron chi connectivity index (χ0n) is 11.3. The predicted octanol–water partition coefficient (Wildman–Crippen LogP) is 1.70. The van der Waals surface area contributed by atoms with Crippen LogP contribution >= 0.6 is 0 Å². The van der Waals surface area contributed by atoms with Crippen molar-refractivity contribution in [3.05, 3.63) is 47.8 Å². The van der Waals surface area contributed by atoms with Crippen LogP contribution in [0.4, 0.5) is 0 Å². The molecule has 1 aromatic heterocycles. The summed E-state index contributed by atoms with van der Waals surface area (Å²) in [6.45, 7) is 0.532. The second-order valence-corrected chi connectivity index (χ2v) is 4.42. The number of benzene rings is 1. The maximum Gasteiger partial charge on any atom is 0.254 e. The normalized spacial score (nSPS) is 10.3. The summed E-state index contributed by atoms with van der Waals surface area (Å²) in [7, 11) is 5.21. The van der Waals surface area contributed by atoms with Crippen molar-refractivity contribution in [1.82, 2.24) is 14.7 Å². The molecular formula is C14H17N3O2. The first-order valence-corrected chi connectivity index (χ1v) is 5.97. The van der Waals surface area contributed by atoms with Crippen molar-refractivity contribution in [2.24, 2.45) is 7.05 Å². The lowest BCUT2D eigenvalue weighted by Gasteiger charge is -2.16. The Hall–Kier alpha value is -2.30. The summed E-state index contributed by atoms with van der Waals surface area (Å²) < 4.78 is 6.84. The number of hydrogen-bond acceptors (Lipinski definition) is 3. The Balaban J connectivity index is 2.09. The number of hydrogen-bond donors (Lipinski definition) is 0. The van der Waals surface area contributed by atoms with Gasteiger partial charge in [0.25, 0.3) is 5.91 Å². The Labute approximate surface area is 112 Å². The molecule has 19 heavy (non-hydrogen) atoms. The van der Waals surface area contributed by atoms with Crippen molar-refractivity contribution >= 4 is 5.91 Å². The van der Waals surface area contributed by atoms with Crippen molar-refractivity contribution in [3.63, 3.8) is 0 Å². The second-order valence-electron chi connectivity index (χ2n) is 4.42. The van der Waals surface area contributed by atoms with Crippen LogP contribution in [0.1, 0.15) is 15.9 Å². The summed E-state index contributed by atoms with van der Waals surface area (Å²) in [5.41, 5.74) is 1.62. The van der Waals surface area contributed by atoms with Gasteiger partial charge in [-0.1, -0.05) is 6.07 Å². The maximum absolute atomic E-state index is 12.3. The minimum absolute atomic E-state index is 0.0391. The van der Waals surface area contributed by atoms with Gasteiger partial charge in [-0.3, -0.25) is 9.48 Å². The number of carbonyl (C=O) groups excluding carboxylic acids is 1. The number of ether oxygens (including phenoxy) is 1. The maximum atomic E-state index is 12.3. The Kier molecular flexibility index (Phi) is 3.85. The van der Waals surface area contributed by atoms with Crippen LogP contribution in [-0.4, -0.2) is 34.7 Å². The first kappa shape index (κ1) is 13.1. The third-order valence-corrected chi connectivity index (χ3v) is 2.84. The molecule has 1 aromatic carbocycles. The lowest BCUT2D eigenvalue weighted by molar-refractivity contribution is 0.0784. The third kappa shape index (κ3) is 3.13. The molecule has 2 rings (SSSR count). The highest BCUT2D eigenvalue weighted by Crippen LogP contribution is 2.14.